The Morgan fingerprint density at radius 1 is 1.60 bits per heavy atom. The first-order valence-electron chi connectivity index (χ1n) is 0.726. The fraction of sp³-hybridized carbons (Fsp3) is 0. The van der Waals surface area contributed by atoms with Gasteiger partial charge in [0, 0.05) is 0 Å². The van der Waals surface area contributed by atoms with Crippen molar-refractivity contribution in [3.8, 4) is 0 Å². The fourth-order valence-electron chi connectivity index (χ4n) is 0. The van der Waals surface area contributed by atoms with Gasteiger partial charge in [-0.3, -0.25) is 8.20 Å². The SMILES string of the molecule is FN[S-](=S)=S. The summed E-state index contributed by atoms with van der Waals surface area (Å²) in [5.41, 5.74) is 0. The van der Waals surface area contributed by atoms with Gasteiger partial charge in [-0.25, -0.2) is 27.3 Å². The van der Waals surface area contributed by atoms with E-state index in [0.717, 1.165) is 0 Å². The number of nitrogens with one attached hydrogen (secondary N) is 1. The summed E-state index contributed by atoms with van der Waals surface area (Å²) in [6.45, 7) is 0. The summed E-state index contributed by atoms with van der Waals surface area (Å²) in [6, 6.07) is 0. The topological polar surface area (TPSA) is 12.0 Å². The third kappa shape index (κ3) is 4.68. The van der Waals surface area contributed by atoms with Crippen molar-refractivity contribution in [1.82, 2.24) is 4.94 Å². The molecule has 0 saturated carbocycles. The molecule has 1 nitrogen and oxygen atoms in total. The zero-order valence-corrected chi connectivity index (χ0v) is 4.55. The number of halogens is 1. The maximum absolute atomic E-state index is 10.7. The van der Waals surface area contributed by atoms with Crippen LogP contribution in [0.3, 0.4) is 0 Å². The van der Waals surface area contributed by atoms with Crippen LogP contribution in [-0.4, -0.2) is 0 Å². The van der Waals surface area contributed by atoms with Crippen LogP contribution in [0.5, 0.6) is 0 Å². The molecule has 0 amide bonds. The third-order valence-corrected chi connectivity index (χ3v) is 0.567. The molecule has 0 unspecified atom stereocenters. The molecule has 0 radical (unpaired) electrons. The first-order chi connectivity index (χ1) is 2.27. The maximum Gasteiger partial charge on any atom is -0.159 e. The fourth-order valence-corrected chi connectivity index (χ4v) is 0. The molecule has 0 rings (SSSR count). The molecule has 1 N–H and O–H groups in total. The summed E-state index contributed by atoms with van der Waals surface area (Å²) < 4.78 is 10.7. The maximum atomic E-state index is 10.7. The van der Waals surface area contributed by atoms with Crippen LogP contribution in [0.2, 0.25) is 0 Å². The Hall–Kier alpha value is 0.680. The smallest absolute Gasteiger partial charge is 0.159 e. The van der Waals surface area contributed by atoms with E-state index in [4.69, 9.17) is 0 Å². The van der Waals surface area contributed by atoms with Gasteiger partial charge in [-0.15, -0.1) is 0 Å². The standard InChI is InChI=1S/FHNS3/c1-2-5(3)4/h(H,2,3,4)/q-1. The summed E-state index contributed by atoms with van der Waals surface area (Å²) in [7, 11) is -1.07. The van der Waals surface area contributed by atoms with E-state index in [0.29, 0.717) is 0 Å². The van der Waals surface area contributed by atoms with Crippen molar-refractivity contribution in [1.29, 1.82) is 0 Å². The van der Waals surface area contributed by atoms with Gasteiger partial charge in [-0.05, 0) is 0 Å². The Morgan fingerprint density at radius 2 is 1.80 bits per heavy atom. The van der Waals surface area contributed by atoms with E-state index in [1.54, 1.807) is 0 Å². The van der Waals surface area contributed by atoms with E-state index in [9.17, 15) is 4.48 Å². The van der Waals surface area contributed by atoms with Crippen molar-refractivity contribution in [2.75, 3.05) is 0 Å². The molecular weight excluding hydrogens is 129 g/mol. The molecule has 32 valence electrons. The van der Waals surface area contributed by atoms with E-state index in [1.807, 2.05) is 0 Å². The monoisotopic (exact) mass is 130 g/mol. The summed E-state index contributed by atoms with van der Waals surface area (Å²) in [5.74, 6) is 0. The van der Waals surface area contributed by atoms with Crippen molar-refractivity contribution < 1.29 is 4.48 Å². The largest absolute Gasteiger partial charge is 0.255 e. The van der Waals surface area contributed by atoms with Gasteiger partial charge in [0.2, 0.25) is 0 Å². The van der Waals surface area contributed by atoms with E-state index in [-0.39, 0.29) is 0 Å². The van der Waals surface area contributed by atoms with Crippen molar-refractivity contribution >= 4 is 30.6 Å². The molecule has 0 aromatic carbocycles. The first-order valence-corrected chi connectivity index (χ1v) is 3.80. The Bertz CT molecular complexity index is 65.0. The van der Waals surface area contributed by atoms with E-state index >= 15 is 0 Å². The first kappa shape index (κ1) is 5.68. The molecule has 0 heterocycles. The Morgan fingerprint density at radius 3 is 1.80 bits per heavy atom. The zero-order valence-electron chi connectivity index (χ0n) is 2.10. The van der Waals surface area contributed by atoms with Crippen LogP contribution >= 0.6 is 0 Å². The van der Waals surface area contributed by atoms with Gasteiger partial charge in [-0.2, -0.15) is 4.48 Å². The molecular formula is HFNS3-. The number of hydrogen-bond donors (Lipinski definition) is 1. The minimum absolute atomic E-state index is 1.07. The molecule has 5 heteroatoms. The highest BCUT2D eigenvalue weighted by Crippen LogP contribution is 1.48. The van der Waals surface area contributed by atoms with Gasteiger partial charge in [-0.1, -0.05) is 0 Å². The third-order valence-electron chi connectivity index (χ3n) is 0.0630. The Kier molecular flexibility index (Phi) is 3.29. The van der Waals surface area contributed by atoms with E-state index < -0.39 is 8.20 Å². The molecule has 5 heavy (non-hydrogen) atoms. The summed E-state index contributed by atoms with van der Waals surface area (Å²) in [5, 5.41) is 0. The van der Waals surface area contributed by atoms with Gasteiger partial charge >= 0.3 is 0 Å². The minimum atomic E-state index is -1.07. The van der Waals surface area contributed by atoms with Crippen LogP contribution in [0, 0.1) is 0 Å². The van der Waals surface area contributed by atoms with E-state index in [2.05, 4.69) is 22.4 Å². The van der Waals surface area contributed by atoms with E-state index in [1.165, 1.54) is 4.94 Å². The lowest BCUT2D eigenvalue weighted by atomic mass is 13.8. The lowest BCUT2D eigenvalue weighted by molar-refractivity contribution is 0.467. The van der Waals surface area contributed by atoms with Crippen molar-refractivity contribution in [2.45, 2.75) is 0 Å². The molecule has 0 bridgehead atoms. The van der Waals surface area contributed by atoms with Crippen LogP contribution in [0.4, 0.5) is 4.48 Å². The molecule has 0 saturated heterocycles. The second-order valence-electron chi connectivity index (χ2n) is 0.312. The molecule has 0 aliphatic carbocycles. The number of rotatable bonds is 1. The van der Waals surface area contributed by atoms with Crippen LogP contribution in [-0.2, 0) is 30.6 Å². The average Bonchev–Trinajstić information content (AvgIpc) is 1.38. The second kappa shape index (κ2) is 2.89. The predicted octanol–water partition coefficient (Wildman–Crippen LogP) is -0.0824. The molecule has 0 fully saturated rings. The highest BCUT2D eigenvalue weighted by atomic mass is 33.1. The Labute approximate surface area is 40.5 Å². The highest BCUT2D eigenvalue weighted by molar-refractivity contribution is 8.45. The van der Waals surface area contributed by atoms with Crippen LogP contribution in [0.15, 0.2) is 0 Å². The normalized spacial score (nSPS) is 9.20. The molecule has 0 aromatic heterocycles. The van der Waals surface area contributed by atoms with Crippen molar-refractivity contribution in [2.24, 2.45) is 0 Å². The zero-order chi connectivity index (χ0) is 4.28. The van der Waals surface area contributed by atoms with Crippen LogP contribution in [0.25, 0.3) is 0 Å². The highest BCUT2D eigenvalue weighted by Gasteiger charge is 1.39. The van der Waals surface area contributed by atoms with Crippen LogP contribution < -0.4 is 4.94 Å². The number of hydrogen-bond acceptors (Lipinski definition) is 3. The Balaban J connectivity index is 3.23. The van der Waals surface area contributed by atoms with Gasteiger partial charge < -0.3 is 0 Å². The predicted molar refractivity (Wildman–Crippen MR) is 26.3 cm³/mol. The summed E-state index contributed by atoms with van der Waals surface area (Å²) in [4.78, 5) is 1.19. The molecule has 0 atom stereocenters. The van der Waals surface area contributed by atoms with Gasteiger partial charge in [0.25, 0.3) is 0 Å². The summed E-state index contributed by atoms with van der Waals surface area (Å²) in [6.07, 6.45) is 0. The van der Waals surface area contributed by atoms with Crippen LogP contribution in [0.1, 0.15) is 0 Å². The van der Waals surface area contributed by atoms with Gasteiger partial charge in [0.1, 0.15) is 0 Å². The average molecular weight is 130 g/mol. The molecule has 0 aromatic rings. The van der Waals surface area contributed by atoms with Gasteiger partial charge in [0.15, 0.2) is 0 Å². The van der Waals surface area contributed by atoms with Crippen molar-refractivity contribution in [3.05, 3.63) is 0 Å². The quantitative estimate of drug-likeness (QED) is 0.394. The van der Waals surface area contributed by atoms with Gasteiger partial charge in [0.05, 0.1) is 0 Å². The molecule has 0 aliphatic rings. The molecule has 0 aliphatic heterocycles. The second-order valence-corrected chi connectivity index (χ2v) is 3.57. The van der Waals surface area contributed by atoms with Crippen molar-refractivity contribution in [3.63, 3.8) is 0 Å². The minimum Gasteiger partial charge on any atom is -0.255 e. The lowest BCUT2D eigenvalue weighted by Crippen LogP contribution is -1.88. The molecule has 0 spiro atoms. The lowest BCUT2D eigenvalue weighted by Gasteiger charge is -1.85. The summed E-state index contributed by atoms with van der Waals surface area (Å²) >= 11 is 8.27.